The summed E-state index contributed by atoms with van der Waals surface area (Å²) < 4.78 is 8.21. The Morgan fingerprint density at radius 1 is 1.15 bits per heavy atom. The van der Waals surface area contributed by atoms with Crippen LogP contribution in [0, 0.1) is 0 Å². The summed E-state index contributed by atoms with van der Waals surface area (Å²) in [6, 6.07) is 10.00. The van der Waals surface area contributed by atoms with Crippen LogP contribution in [0.15, 0.2) is 41.3 Å². The molecule has 102 valence electrons. The van der Waals surface area contributed by atoms with E-state index in [2.05, 4.69) is 4.72 Å². The van der Waals surface area contributed by atoms with Gasteiger partial charge in [0, 0.05) is 11.8 Å². The van der Waals surface area contributed by atoms with Crippen LogP contribution in [-0.4, -0.2) is 22.4 Å². The molecule has 0 radical (unpaired) electrons. The van der Waals surface area contributed by atoms with E-state index >= 15 is 0 Å². The molecule has 0 fully saturated rings. The van der Waals surface area contributed by atoms with Gasteiger partial charge >= 0.3 is 7.12 Å². The molecule has 3 rings (SSSR count). The second kappa shape index (κ2) is 5.28. The fourth-order valence-electron chi connectivity index (χ4n) is 1.98. The Bertz CT molecular complexity index is 652. The third-order valence-corrected chi connectivity index (χ3v) is 3.93. The largest absolute Gasteiger partial charge is 0.508 e. The summed E-state index contributed by atoms with van der Waals surface area (Å²) in [6.07, 6.45) is 0. The van der Waals surface area contributed by atoms with Gasteiger partial charge in [0.05, 0.1) is 11.5 Å². The van der Waals surface area contributed by atoms with Crippen molar-refractivity contribution in [3.63, 3.8) is 0 Å². The molecule has 0 atom stereocenters. The van der Waals surface area contributed by atoms with Crippen molar-refractivity contribution in [2.24, 2.45) is 0 Å². The maximum atomic E-state index is 9.69. The summed E-state index contributed by atoms with van der Waals surface area (Å²) >= 11 is 1.22. The molecule has 0 aromatic heterocycles. The first-order valence-corrected chi connectivity index (χ1v) is 6.82. The Kier molecular flexibility index (Phi) is 3.48. The first kappa shape index (κ1) is 13.2. The Morgan fingerprint density at radius 2 is 2.00 bits per heavy atom. The first-order chi connectivity index (χ1) is 9.63. The molecule has 1 aliphatic heterocycles. The summed E-state index contributed by atoms with van der Waals surface area (Å²) in [7, 11) is -0.876. The van der Waals surface area contributed by atoms with Crippen molar-refractivity contribution in [2.45, 2.75) is 11.5 Å². The van der Waals surface area contributed by atoms with Crippen molar-refractivity contribution >= 4 is 30.2 Å². The van der Waals surface area contributed by atoms with Gasteiger partial charge in [0.25, 0.3) is 0 Å². The molecule has 0 spiro atoms. The minimum Gasteiger partial charge on any atom is -0.508 e. The van der Waals surface area contributed by atoms with Crippen molar-refractivity contribution in [1.29, 1.82) is 0 Å². The Labute approximate surface area is 120 Å². The number of benzene rings is 2. The molecule has 5 nitrogen and oxygen atoms in total. The molecule has 0 aliphatic carbocycles. The third-order valence-electron chi connectivity index (χ3n) is 3.03. The average molecular weight is 289 g/mol. The third kappa shape index (κ3) is 2.56. The summed E-state index contributed by atoms with van der Waals surface area (Å²) in [6.45, 7) is 0.419. The molecule has 7 heteroatoms. The zero-order valence-corrected chi connectivity index (χ0v) is 11.2. The maximum absolute atomic E-state index is 9.69. The number of aromatic hydroxyl groups is 2. The molecule has 0 saturated carbocycles. The highest BCUT2D eigenvalue weighted by Gasteiger charge is 2.27. The number of fused-ring (bicyclic) bond motifs is 1. The summed E-state index contributed by atoms with van der Waals surface area (Å²) in [5, 5.41) is 28.6. The number of anilines is 1. The SMILES string of the molecule is OB1OCc2ccc(NSc3ccc(O)cc3O)cc21. The van der Waals surface area contributed by atoms with E-state index in [-0.39, 0.29) is 11.5 Å². The van der Waals surface area contributed by atoms with E-state index in [4.69, 9.17) is 4.65 Å². The van der Waals surface area contributed by atoms with Crippen LogP contribution in [0.1, 0.15) is 5.56 Å². The van der Waals surface area contributed by atoms with Gasteiger partial charge in [0.2, 0.25) is 0 Å². The highest BCUT2D eigenvalue weighted by atomic mass is 32.2. The zero-order valence-electron chi connectivity index (χ0n) is 10.4. The fraction of sp³-hybridized carbons (Fsp3) is 0.0769. The minimum absolute atomic E-state index is 0.00651. The van der Waals surface area contributed by atoms with Gasteiger partial charge in [-0.2, -0.15) is 0 Å². The number of phenolic OH excluding ortho intramolecular Hbond substituents is 2. The van der Waals surface area contributed by atoms with Gasteiger partial charge in [-0.05, 0) is 47.2 Å². The number of phenols is 2. The zero-order chi connectivity index (χ0) is 14.1. The quantitative estimate of drug-likeness (QED) is 0.505. The molecule has 0 saturated heterocycles. The number of nitrogens with one attached hydrogen (secondary N) is 1. The van der Waals surface area contributed by atoms with Gasteiger partial charge in [-0.3, -0.25) is 0 Å². The lowest BCUT2D eigenvalue weighted by Gasteiger charge is -2.08. The molecule has 0 bridgehead atoms. The maximum Gasteiger partial charge on any atom is 0.491 e. The normalized spacial score (nSPS) is 13.3. The van der Waals surface area contributed by atoms with Crippen molar-refractivity contribution < 1.29 is 19.9 Å². The molecule has 2 aromatic carbocycles. The van der Waals surface area contributed by atoms with E-state index in [1.54, 1.807) is 6.07 Å². The highest BCUT2D eigenvalue weighted by Crippen LogP contribution is 2.32. The highest BCUT2D eigenvalue weighted by molar-refractivity contribution is 8.00. The second-order valence-corrected chi connectivity index (χ2v) is 5.28. The fourth-order valence-corrected chi connectivity index (χ4v) is 2.64. The van der Waals surface area contributed by atoms with Crippen LogP contribution in [0.4, 0.5) is 5.69 Å². The monoisotopic (exact) mass is 289 g/mol. The van der Waals surface area contributed by atoms with Crippen molar-refractivity contribution in [3.05, 3.63) is 42.0 Å². The van der Waals surface area contributed by atoms with Crippen LogP contribution < -0.4 is 10.2 Å². The van der Waals surface area contributed by atoms with Gasteiger partial charge in [0.1, 0.15) is 11.5 Å². The Morgan fingerprint density at radius 3 is 2.80 bits per heavy atom. The molecule has 0 amide bonds. The molecule has 20 heavy (non-hydrogen) atoms. The van der Waals surface area contributed by atoms with Gasteiger partial charge in [-0.25, -0.2) is 0 Å². The van der Waals surface area contributed by atoms with Crippen LogP contribution in [-0.2, 0) is 11.3 Å². The van der Waals surface area contributed by atoms with Crippen LogP contribution in [0.25, 0.3) is 0 Å². The molecular formula is C13H12BNO4S. The van der Waals surface area contributed by atoms with E-state index < -0.39 is 7.12 Å². The molecule has 0 unspecified atom stereocenters. The summed E-state index contributed by atoms with van der Waals surface area (Å²) in [5.74, 6) is 0.0247. The summed E-state index contributed by atoms with van der Waals surface area (Å²) in [4.78, 5) is 0.597. The lowest BCUT2D eigenvalue weighted by molar-refractivity contribution is 0.275. The number of hydrogen-bond acceptors (Lipinski definition) is 6. The molecule has 1 aliphatic rings. The number of rotatable bonds is 3. The topological polar surface area (TPSA) is 82.0 Å². The predicted octanol–water partition coefficient (Wildman–Crippen LogP) is 1.43. The smallest absolute Gasteiger partial charge is 0.491 e. The van der Waals surface area contributed by atoms with Gasteiger partial charge in [-0.15, -0.1) is 0 Å². The van der Waals surface area contributed by atoms with Gasteiger partial charge in [-0.1, -0.05) is 6.07 Å². The van der Waals surface area contributed by atoms with E-state index in [9.17, 15) is 15.2 Å². The molecule has 4 N–H and O–H groups in total. The lowest BCUT2D eigenvalue weighted by atomic mass is 9.79. The standard InChI is InChI=1S/C13H12BNO4S/c16-10-3-4-13(12(17)6-10)20-15-9-2-1-8-7-19-14(18)11(8)5-9/h1-6,15-18H,7H2. The molecule has 1 heterocycles. The van der Waals surface area contributed by atoms with Crippen LogP contribution >= 0.6 is 11.9 Å². The first-order valence-electron chi connectivity index (χ1n) is 6.01. The lowest BCUT2D eigenvalue weighted by Crippen LogP contribution is -2.28. The Balaban J connectivity index is 1.74. The van der Waals surface area contributed by atoms with Crippen LogP contribution in [0.5, 0.6) is 11.5 Å². The second-order valence-electron chi connectivity index (χ2n) is 4.43. The number of hydrogen-bond donors (Lipinski definition) is 4. The van der Waals surface area contributed by atoms with Crippen LogP contribution in [0.2, 0.25) is 0 Å². The minimum atomic E-state index is -0.876. The van der Waals surface area contributed by atoms with E-state index in [1.807, 2.05) is 18.2 Å². The average Bonchev–Trinajstić information content (AvgIpc) is 2.79. The van der Waals surface area contributed by atoms with Crippen LogP contribution in [0.3, 0.4) is 0 Å². The molecule has 2 aromatic rings. The van der Waals surface area contributed by atoms with E-state index in [0.29, 0.717) is 11.5 Å². The van der Waals surface area contributed by atoms with Gasteiger partial charge in [0.15, 0.2) is 0 Å². The van der Waals surface area contributed by atoms with Crippen molar-refractivity contribution in [2.75, 3.05) is 4.72 Å². The van der Waals surface area contributed by atoms with E-state index in [0.717, 1.165) is 16.7 Å². The Hall–Kier alpha value is -1.83. The van der Waals surface area contributed by atoms with E-state index in [1.165, 1.54) is 24.1 Å². The molecular weight excluding hydrogens is 277 g/mol. The van der Waals surface area contributed by atoms with Crippen molar-refractivity contribution in [3.8, 4) is 11.5 Å². The summed E-state index contributed by atoms with van der Waals surface area (Å²) in [5.41, 5.74) is 2.52. The van der Waals surface area contributed by atoms with Crippen molar-refractivity contribution in [1.82, 2.24) is 0 Å². The van der Waals surface area contributed by atoms with Gasteiger partial charge < -0.3 is 24.6 Å². The predicted molar refractivity (Wildman–Crippen MR) is 78.1 cm³/mol.